The first kappa shape index (κ1) is 10.0. The normalized spacial score (nSPS) is 12.3. The van der Waals surface area contributed by atoms with Crippen LogP contribution in [0.5, 0.6) is 0 Å². The fourth-order valence-corrected chi connectivity index (χ4v) is 1.24. The Morgan fingerprint density at radius 1 is 1.40 bits per heavy atom. The molecule has 0 bridgehead atoms. The quantitative estimate of drug-likeness (QED) is 0.750. The molecule has 0 aliphatic heterocycles. The molecule has 2 N–H and O–H groups in total. The van der Waals surface area contributed by atoms with Crippen LogP contribution in [0.25, 0.3) is 5.78 Å². The molecule has 0 spiro atoms. The summed E-state index contributed by atoms with van der Waals surface area (Å²) in [6, 6.07) is 0. The first-order valence-electron chi connectivity index (χ1n) is 4.92. The van der Waals surface area contributed by atoms with Crippen molar-refractivity contribution in [3.05, 3.63) is 23.8 Å². The first-order valence-corrected chi connectivity index (χ1v) is 4.92. The summed E-state index contributed by atoms with van der Waals surface area (Å²) in [5.74, 6) is 1.42. The van der Waals surface area contributed by atoms with E-state index in [1.807, 2.05) is 6.20 Å². The molecule has 0 saturated carbocycles. The molecule has 0 atom stereocenters. The molecule has 0 fully saturated rings. The highest BCUT2D eigenvalue weighted by atomic mass is 15.3. The minimum Gasteiger partial charge on any atom is -0.326 e. The summed E-state index contributed by atoms with van der Waals surface area (Å²) in [6.45, 7) is 6.69. The zero-order chi connectivity index (χ0) is 11.1. The molecule has 2 aromatic heterocycles. The molecule has 0 radical (unpaired) electrons. The van der Waals surface area contributed by atoms with Crippen LogP contribution in [0.1, 0.15) is 32.2 Å². The van der Waals surface area contributed by atoms with Gasteiger partial charge in [-0.3, -0.25) is 0 Å². The highest BCUT2D eigenvalue weighted by Crippen LogP contribution is 2.18. The van der Waals surface area contributed by atoms with Crippen LogP contribution < -0.4 is 5.73 Å². The predicted octanol–water partition coefficient (Wildman–Crippen LogP) is 0.880. The van der Waals surface area contributed by atoms with Crippen molar-refractivity contribution in [3.8, 4) is 0 Å². The van der Waals surface area contributed by atoms with Crippen molar-refractivity contribution in [1.29, 1.82) is 0 Å². The molecular formula is C10H15N5. The smallest absolute Gasteiger partial charge is 0.252 e. The molecule has 80 valence electrons. The van der Waals surface area contributed by atoms with Crippen LogP contribution in [0.15, 0.2) is 12.4 Å². The van der Waals surface area contributed by atoms with Crippen LogP contribution in [0, 0.1) is 0 Å². The summed E-state index contributed by atoms with van der Waals surface area (Å²) in [5, 5.41) is 4.38. The Hall–Kier alpha value is -1.49. The molecule has 0 amide bonds. The lowest BCUT2D eigenvalue weighted by Crippen LogP contribution is -2.13. The van der Waals surface area contributed by atoms with Crippen molar-refractivity contribution in [2.75, 3.05) is 0 Å². The van der Waals surface area contributed by atoms with Gasteiger partial charge in [-0.25, -0.2) is 9.50 Å². The van der Waals surface area contributed by atoms with Crippen molar-refractivity contribution in [2.45, 2.75) is 32.7 Å². The average molecular weight is 205 g/mol. The molecule has 0 saturated heterocycles. The van der Waals surface area contributed by atoms with E-state index in [0.29, 0.717) is 12.3 Å². The second-order valence-electron chi connectivity index (χ2n) is 4.60. The lowest BCUT2D eigenvalue weighted by atomic mass is 9.96. The van der Waals surface area contributed by atoms with Crippen LogP contribution in [-0.2, 0) is 12.0 Å². The lowest BCUT2D eigenvalue weighted by molar-refractivity contribution is 0.545. The Bertz CT molecular complexity index is 480. The maximum Gasteiger partial charge on any atom is 0.252 e. The van der Waals surface area contributed by atoms with Crippen LogP contribution in [-0.4, -0.2) is 19.6 Å². The van der Waals surface area contributed by atoms with Crippen molar-refractivity contribution in [3.63, 3.8) is 0 Å². The fraction of sp³-hybridized carbons (Fsp3) is 0.500. The number of nitrogens with zero attached hydrogens (tertiary/aromatic N) is 4. The standard InChI is InChI=1S/C10H15N5/c1-10(2,3)8-13-9-12-5-7(4-11)6-15(9)14-8/h5-6H,4,11H2,1-3H3. The first-order chi connectivity index (χ1) is 7.00. The van der Waals surface area contributed by atoms with Crippen molar-refractivity contribution in [2.24, 2.45) is 5.73 Å². The van der Waals surface area contributed by atoms with Gasteiger partial charge < -0.3 is 5.73 Å². The summed E-state index contributed by atoms with van der Waals surface area (Å²) >= 11 is 0. The largest absolute Gasteiger partial charge is 0.326 e. The zero-order valence-corrected chi connectivity index (χ0v) is 9.23. The third kappa shape index (κ3) is 1.83. The van der Waals surface area contributed by atoms with E-state index in [9.17, 15) is 0 Å². The van der Waals surface area contributed by atoms with Crippen LogP contribution in [0.2, 0.25) is 0 Å². The molecule has 2 heterocycles. The van der Waals surface area contributed by atoms with E-state index in [1.54, 1.807) is 10.7 Å². The molecule has 0 aliphatic carbocycles. The SMILES string of the molecule is CC(C)(C)c1nc2ncc(CN)cn2n1. The van der Waals surface area contributed by atoms with E-state index in [1.165, 1.54) is 0 Å². The van der Waals surface area contributed by atoms with Gasteiger partial charge in [0, 0.05) is 29.9 Å². The molecule has 0 aromatic carbocycles. The van der Waals surface area contributed by atoms with Crippen LogP contribution >= 0.6 is 0 Å². The second-order valence-corrected chi connectivity index (χ2v) is 4.60. The Morgan fingerprint density at radius 2 is 2.13 bits per heavy atom. The number of aromatic nitrogens is 4. The number of fused-ring (bicyclic) bond motifs is 1. The topological polar surface area (TPSA) is 69.1 Å². The molecule has 0 aliphatic rings. The van der Waals surface area contributed by atoms with Crippen molar-refractivity contribution >= 4 is 5.78 Å². The molecule has 5 nitrogen and oxygen atoms in total. The Kier molecular flexibility index (Phi) is 2.19. The van der Waals surface area contributed by atoms with Gasteiger partial charge in [0.05, 0.1) is 0 Å². The van der Waals surface area contributed by atoms with Gasteiger partial charge in [0.1, 0.15) is 0 Å². The van der Waals surface area contributed by atoms with E-state index in [4.69, 9.17) is 5.73 Å². The minimum absolute atomic E-state index is 0.0590. The number of rotatable bonds is 1. The third-order valence-electron chi connectivity index (χ3n) is 2.15. The summed E-state index contributed by atoms with van der Waals surface area (Å²) in [4.78, 5) is 8.55. The number of hydrogen-bond acceptors (Lipinski definition) is 4. The van der Waals surface area contributed by atoms with Crippen molar-refractivity contribution in [1.82, 2.24) is 19.6 Å². The third-order valence-corrected chi connectivity index (χ3v) is 2.15. The van der Waals surface area contributed by atoms with Gasteiger partial charge in [-0.05, 0) is 0 Å². The molecular weight excluding hydrogens is 190 g/mol. The van der Waals surface area contributed by atoms with Gasteiger partial charge in [0.25, 0.3) is 5.78 Å². The summed E-state index contributed by atoms with van der Waals surface area (Å²) in [6.07, 6.45) is 3.60. The van der Waals surface area contributed by atoms with Gasteiger partial charge in [-0.15, -0.1) is 5.10 Å². The average Bonchev–Trinajstić information content (AvgIpc) is 2.59. The summed E-state index contributed by atoms with van der Waals surface area (Å²) in [7, 11) is 0. The molecule has 15 heavy (non-hydrogen) atoms. The maximum atomic E-state index is 5.53. The van der Waals surface area contributed by atoms with Crippen LogP contribution in [0.3, 0.4) is 0 Å². The van der Waals surface area contributed by atoms with E-state index in [-0.39, 0.29) is 5.41 Å². The Labute approximate surface area is 88.3 Å². The Balaban J connectivity index is 2.56. The summed E-state index contributed by atoms with van der Waals surface area (Å²) in [5.41, 5.74) is 6.42. The molecule has 2 rings (SSSR count). The minimum atomic E-state index is -0.0590. The number of nitrogens with two attached hydrogens (primary N) is 1. The summed E-state index contributed by atoms with van der Waals surface area (Å²) < 4.78 is 1.68. The van der Waals surface area contributed by atoms with E-state index in [0.717, 1.165) is 11.4 Å². The van der Waals surface area contributed by atoms with E-state index < -0.39 is 0 Å². The van der Waals surface area contributed by atoms with Crippen molar-refractivity contribution < 1.29 is 0 Å². The Morgan fingerprint density at radius 3 is 2.73 bits per heavy atom. The lowest BCUT2D eigenvalue weighted by Gasteiger charge is -2.11. The molecule has 2 aromatic rings. The predicted molar refractivity (Wildman–Crippen MR) is 57.4 cm³/mol. The fourth-order valence-electron chi connectivity index (χ4n) is 1.24. The van der Waals surface area contributed by atoms with Crippen LogP contribution in [0.4, 0.5) is 0 Å². The van der Waals surface area contributed by atoms with Gasteiger partial charge in [-0.1, -0.05) is 20.8 Å². The maximum absolute atomic E-state index is 5.53. The van der Waals surface area contributed by atoms with E-state index >= 15 is 0 Å². The van der Waals surface area contributed by atoms with Gasteiger partial charge in [0.2, 0.25) is 0 Å². The van der Waals surface area contributed by atoms with Gasteiger partial charge >= 0.3 is 0 Å². The molecule has 0 unspecified atom stereocenters. The highest BCUT2D eigenvalue weighted by molar-refractivity contribution is 5.29. The molecule has 5 heteroatoms. The van der Waals surface area contributed by atoms with Gasteiger partial charge in [-0.2, -0.15) is 4.98 Å². The monoisotopic (exact) mass is 205 g/mol. The highest BCUT2D eigenvalue weighted by Gasteiger charge is 2.19. The van der Waals surface area contributed by atoms with Gasteiger partial charge in [0.15, 0.2) is 5.82 Å². The zero-order valence-electron chi connectivity index (χ0n) is 9.23. The second kappa shape index (κ2) is 3.27. The number of hydrogen-bond donors (Lipinski definition) is 1. The van der Waals surface area contributed by atoms with E-state index in [2.05, 4.69) is 35.8 Å².